The van der Waals surface area contributed by atoms with Gasteiger partial charge in [0.05, 0.1) is 0 Å². The van der Waals surface area contributed by atoms with Crippen molar-refractivity contribution >= 4 is 17.4 Å². The van der Waals surface area contributed by atoms with Crippen LogP contribution in [0.3, 0.4) is 0 Å². The van der Waals surface area contributed by atoms with Gasteiger partial charge < -0.3 is 10.2 Å². The lowest BCUT2D eigenvalue weighted by molar-refractivity contribution is 0.102. The maximum absolute atomic E-state index is 12.5. The topological polar surface area (TPSA) is 58.1 Å². The molecular weight excluding hydrogens is 288 g/mol. The van der Waals surface area contributed by atoms with Crippen LogP contribution in [0.5, 0.6) is 0 Å². The molecule has 0 bridgehead atoms. The Hall–Kier alpha value is -2.43. The molecule has 5 nitrogen and oxygen atoms in total. The van der Waals surface area contributed by atoms with E-state index in [0.29, 0.717) is 11.5 Å². The van der Waals surface area contributed by atoms with Crippen LogP contribution in [0.1, 0.15) is 40.3 Å². The van der Waals surface area contributed by atoms with Crippen LogP contribution in [-0.4, -0.2) is 29.0 Å². The van der Waals surface area contributed by atoms with E-state index in [1.807, 2.05) is 32.9 Å². The van der Waals surface area contributed by atoms with Crippen LogP contribution in [-0.2, 0) is 0 Å². The second-order valence-electron chi connectivity index (χ2n) is 6.18. The lowest BCUT2D eigenvalue weighted by Gasteiger charge is -2.17. The first kappa shape index (κ1) is 15.5. The fourth-order valence-corrected chi connectivity index (χ4v) is 3.02. The molecule has 0 unspecified atom stereocenters. The van der Waals surface area contributed by atoms with Gasteiger partial charge in [-0.15, -0.1) is 0 Å². The molecule has 0 aliphatic carbocycles. The van der Waals surface area contributed by atoms with Gasteiger partial charge in [0.15, 0.2) is 0 Å². The Morgan fingerprint density at radius 2 is 1.65 bits per heavy atom. The third kappa shape index (κ3) is 3.67. The minimum Gasteiger partial charge on any atom is -0.356 e. The molecule has 1 saturated heterocycles. The number of anilines is 2. The smallest absolute Gasteiger partial charge is 0.274 e. The SMILES string of the molecule is Cc1cc(C)cc(NC(=O)c2cc(N3CCCC3)nc(C)n2)c1. The second kappa shape index (κ2) is 6.36. The van der Waals surface area contributed by atoms with Gasteiger partial charge in [0, 0.05) is 24.8 Å². The molecular formula is C18H22N4O. The number of hydrogen-bond acceptors (Lipinski definition) is 4. The number of hydrogen-bond donors (Lipinski definition) is 1. The van der Waals surface area contributed by atoms with Crippen molar-refractivity contribution < 1.29 is 4.79 Å². The number of rotatable bonds is 3. The van der Waals surface area contributed by atoms with Gasteiger partial charge in [-0.1, -0.05) is 6.07 Å². The predicted molar refractivity (Wildman–Crippen MR) is 92.1 cm³/mol. The van der Waals surface area contributed by atoms with Crippen molar-refractivity contribution in [3.05, 3.63) is 46.9 Å². The number of aromatic nitrogens is 2. The molecule has 0 saturated carbocycles. The molecule has 5 heteroatoms. The third-order valence-electron chi connectivity index (χ3n) is 3.97. The summed E-state index contributed by atoms with van der Waals surface area (Å²) in [6, 6.07) is 7.78. The van der Waals surface area contributed by atoms with Gasteiger partial charge in [0.2, 0.25) is 0 Å². The van der Waals surface area contributed by atoms with Crippen LogP contribution in [0.25, 0.3) is 0 Å². The largest absolute Gasteiger partial charge is 0.356 e. The van der Waals surface area contributed by atoms with Crippen LogP contribution in [0.15, 0.2) is 24.3 Å². The van der Waals surface area contributed by atoms with E-state index in [2.05, 4.69) is 26.3 Å². The molecule has 1 amide bonds. The molecule has 0 spiro atoms. The van der Waals surface area contributed by atoms with Crippen molar-refractivity contribution in [3.63, 3.8) is 0 Å². The number of carbonyl (C=O) groups excluding carboxylic acids is 1. The maximum atomic E-state index is 12.5. The van der Waals surface area contributed by atoms with Crippen LogP contribution in [0.4, 0.5) is 11.5 Å². The number of nitrogens with one attached hydrogen (secondary N) is 1. The highest BCUT2D eigenvalue weighted by Crippen LogP contribution is 2.20. The Morgan fingerprint density at radius 1 is 1.00 bits per heavy atom. The first-order valence-electron chi connectivity index (χ1n) is 8.01. The Kier molecular flexibility index (Phi) is 4.28. The second-order valence-corrected chi connectivity index (χ2v) is 6.18. The number of nitrogens with zero attached hydrogens (tertiary/aromatic N) is 3. The van der Waals surface area contributed by atoms with Crippen molar-refractivity contribution in [2.75, 3.05) is 23.3 Å². The summed E-state index contributed by atoms with van der Waals surface area (Å²) >= 11 is 0. The summed E-state index contributed by atoms with van der Waals surface area (Å²) in [5.41, 5.74) is 3.46. The van der Waals surface area contributed by atoms with Gasteiger partial charge in [-0.25, -0.2) is 9.97 Å². The van der Waals surface area contributed by atoms with E-state index in [-0.39, 0.29) is 5.91 Å². The lowest BCUT2D eigenvalue weighted by atomic mass is 10.1. The van der Waals surface area contributed by atoms with Gasteiger partial charge in [-0.2, -0.15) is 0 Å². The fraction of sp³-hybridized carbons (Fsp3) is 0.389. The Balaban J connectivity index is 1.84. The average Bonchev–Trinajstić information content (AvgIpc) is 2.99. The summed E-state index contributed by atoms with van der Waals surface area (Å²) in [6.07, 6.45) is 2.35. The zero-order chi connectivity index (χ0) is 16.4. The quantitative estimate of drug-likeness (QED) is 0.945. The molecule has 2 aromatic rings. The molecule has 23 heavy (non-hydrogen) atoms. The van der Waals surface area contributed by atoms with Crippen molar-refractivity contribution in [1.29, 1.82) is 0 Å². The van der Waals surface area contributed by atoms with Crippen molar-refractivity contribution in [2.24, 2.45) is 0 Å². The van der Waals surface area contributed by atoms with Crippen molar-refractivity contribution in [3.8, 4) is 0 Å². The zero-order valence-electron chi connectivity index (χ0n) is 13.9. The van der Waals surface area contributed by atoms with E-state index in [4.69, 9.17) is 0 Å². The third-order valence-corrected chi connectivity index (χ3v) is 3.97. The highest BCUT2D eigenvalue weighted by Gasteiger charge is 2.17. The van der Waals surface area contributed by atoms with E-state index in [0.717, 1.165) is 35.7 Å². The van der Waals surface area contributed by atoms with Crippen LogP contribution >= 0.6 is 0 Å². The molecule has 1 aromatic heterocycles. The molecule has 1 aliphatic heterocycles. The number of carbonyl (C=O) groups is 1. The van der Waals surface area contributed by atoms with E-state index in [1.165, 1.54) is 12.8 Å². The molecule has 1 N–H and O–H groups in total. The molecule has 1 aromatic carbocycles. The highest BCUT2D eigenvalue weighted by atomic mass is 16.1. The average molecular weight is 310 g/mol. The van der Waals surface area contributed by atoms with E-state index < -0.39 is 0 Å². The minimum absolute atomic E-state index is 0.194. The predicted octanol–water partition coefficient (Wildman–Crippen LogP) is 3.25. The number of amides is 1. The molecule has 2 heterocycles. The summed E-state index contributed by atoms with van der Waals surface area (Å²) in [6.45, 7) is 7.85. The van der Waals surface area contributed by atoms with Gasteiger partial charge in [0.1, 0.15) is 17.3 Å². The van der Waals surface area contributed by atoms with E-state index >= 15 is 0 Å². The summed E-state index contributed by atoms with van der Waals surface area (Å²) in [4.78, 5) is 23.5. The van der Waals surface area contributed by atoms with Gasteiger partial charge in [0.25, 0.3) is 5.91 Å². The Morgan fingerprint density at radius 3 is 2.30 bits per heavy atom. The van der Waals surface area contributed by atoms with E-state index in [9.17, 15) is 4.79 Å². The van der Waals surface area contributed by atoms with Gasteiger partial charge >= 0.3 is 0 Å². The van der Waals surface area contributed by atoms with E-state index in [1.54, 1.807) is 6.07 Å². The summed E-state index contributed by atoms with van der Waals surface area (Å²) in [7, 11) is 0. The molecule has 1 fully saturated rings. The number of aryl methyl sites for hydroxylation is 3. The maximum Gasteiger partial charge on any atom is 0.274 e. The first-order valence-corrected chi connectivity index (χ1v) is 8.01. The van der Waals surface area contributed by atoms with Gasteiger partial charge in [-0.05, 0) is 56.9 Å². The normalized spacial score (nSPS) is 14.1. The zero-order valence-corrected chi connectivity index (χ0v) is 13.9. The molecule has 120 valence electrons. The summed E-state index contributed by atoms with van der Waals surface area (Å²) < 4.78 is 0. The lowest BCUT2D eigenvalue weighted by Crippen LogP contribution is -2.22. The monoisotopic (exact) mass is 310 g/mol. The first-order chi connectivity index (χ1) is 11.0. The van der Waals surface area contributed by atoms with Gasteiger partial charge in [-0.3, -0.25) is 4.79 Å². The fourth-order valence-electron chi connectivity index (χ4n) is 3.02. The minimum atomic E-state index is -0.194. The van der Waals surface area contributed by atoms with Crippen molar-refractivity contribution in [1.82, 2.24) is 9.97 Å². The molecule has 0 atom stereocenters. The Labute approximate surface area is 136 Å². The van der Waals surface area contributed by atoms with Crippen molar-refractivity contribution in [2.45, 2.75) is 33.6 Å². The van der Waals surface area contributed by atoms with Crippen LogP contribution in [0, 0.1) is 20.8 Å². The number of benzene rings is 1. The molecule has 0 radical (unpaired) electrons. The summed E-state index contributed by atoms with van der Waals surface area (Å²) in [5.74, 6) is 1.28. The standard InChI is InChI=1S/C18H22N4O/c1-12-8-13(2)10-15(9-12)21-18(23)16-11-17(20-14(3)19-16)22-6-4-5-7-22/h8-11H,4-7H2,1-3H3,(H,21,23). The molecule has 3 rings (SSSR count). The van der Waals surface area contributed by atoms with Crippen LogP contribution < -0.4 is 10.2 Å². The summed E-state index contributed by atoms with van der Waals surface area (Å²) in [5, 5.41) is 2.94. The molecule has 1 aliphatic rings. The Bertz CT molecular complexity index is 716. The van der Waals surface area contributed by atoms with Crippen LogP contribution in [0.2, 0.25) is 0 Å². The highest BCUT2D eigenvalue weighted by molar-refractivity contribution is 6.03.